The van der Waals surface area contributed by atoms with Gasteiger partial charge in [-0.05, 0) is 49.0 Å². The number of anilines is 2. The van der Waals surface area contributed by atoms with Crippen LogP contribution in [0.4, 0.5) is 17.1 Å². The Morgan fingerprint density at radius 3 is 2.67 bits per heavy atom. The van der Waals surface area contributed by atoms with E-state index in [0.29, 0.717) is 33.9 Å². The zero-order valence-corrected chi connectivity index (χ0v) is 20.0. The molecule has 0 spiro atoms. The number of nitrogens with zero attached hydrogens (tertiary/aromatic N) is 4. The molecule has 8 heteroatoms. The van der Waals surface area contributed by atoms with Crippen LogP contribution in [0.3, 0.4) is 0 Å². The van der Waals surface area contributed by atoms with Crippen molar-refractivity contribution in [1.82, 2.24) is 14.9 Å². The number of benzene rings is 2. The van der Waals surface area contributed by atoms with E-state index >= 15 is 0 Å². The minimum absolute atomic E-state index is 0.305. The Morgan fingerprint density at radius 2 is 1.94 bits per heavy atom. The zero-order valence-electron chi connectivity index (χ0n) is 20.0. The van der Waals surface area contributed by atoms with Crippen molar-refractivity contribution in [2.24, 2.45) is 0 Å². The molecule has 3 heterocycles. The minimum Gasteiger partial charge on any atom is -0.468 e. The lowest BCUT2D eigenvalue weighted by Gasteiger charge is -2.34. The molecule has 2 N–H and O–H groups in total. The highest BCUT2D eigenvalue weighted by Crippen LogP contribution is 2.40. The summed E-state index contributed by atoms with van der Waals surface area (Å²) >= 11 is 0. The topological polar surface area (TPSA) is 77.8 Å². The second kappa shape index (κ2) is 9.94. The van der Waals surface area contributed by atoms with Gasteiger partial charge in [-0.3, -0.25) is 4.79 Å². The smallest absolute Gasteiger partial charge is 0.247 e. The van der Waals surface area contributed by atoms with E-state index in [9.17, 15) is 4.79 Å². The van der Waals surface area contributed by atoms with Gasteiger partial charge in [0.25, 0.3) is 0 Å². The maximum Gasteiger partial charge on any atom is 0.247 e. The Balaban J connectivity index is 1.44. The number of carbonyl (C=O) groups excluding carboxylic acids is 1. The number of H-pyrrole nitrogens is 1. The summed E-state index contributed by atoms with van der Waals surface area (Å²) in [5.74, 6) is 0.599. The molecule has 2 aromatic carbocycles. The zero-order chi connectivity index (χ0) is 25.1. The molecule has 0 aliphatic carbocycles. The van der Waals surface area contributed by atoms with Crippen LogP contribution in [0.5, 0.6) is 11.5 Å². The first-order valence-electron chi connectivity index (χ1n) is 11.7. The van der Waals surface area contributed by atoms with Crippen molar-refractivity contribution >= 4 is 34.0 Å². The molecule has 5 rings (SSSR count). The van der Waals surface area contributed by atoms with Gasteiger partial charge in [-0.25, -0.2) is 9.83 Å². The van der Waals surface area contributed by atoms with Crippen LogP contribution in [0.1, 0.15) is 0 Å². The average molecular weight is 479 g/mol. The van der Waals surface area contributed by atoms with Crippen LogP contribution in [0.25, 0.3) is 27.1 Å². The molecular formula is C28H26N6O2. The SMILES string of the molecule is [C-]#[N+]c1cnc2[nH]c(-c3ccc(N4CCN(C)CC4)cc3)cc2c1Oc1cccc(NC(=O)C=C)c1. The van der Waals surface area contributed by atoms with Gasteiger partial charge in [0.15, 0.2) is 0 Å². The van der Waals surface area contributed by atoms with Crippen LogP contribution in [-0.4, -0.2) is 54.0 Å². The van der Waals surface area contributed by atoms with Gasteiger partial charge in [0.1, 0.15) is 17.1 Å². The largest absolute Gasteiger partial charge is 0.468 e. The number of likely N-dealkylation sites (N-methyl/N-ethyl adjacent to an activating group) is 1. The third-order valence-electron chi connectivity index (χ3n) is 6.26. The second-order valence-corrected chi connectivity index (χ2v) is 8.69. The summed E-state index contributed by atoms with van der Waals surface area (Å²) < 4.78 is 6.16. The summed E-state index contributed by atoms with van der Waals surface area (Å²) in [7, 11) is 2.15. The summed E-state index contributed by atoms with van der Waals surface area (Å²) in [6.07, 6.45) is 2.71. The Bertz CT molecular complexity index is 1460. The van der Waals surface area contributed by atoms with Gasteiger partial charge < -0.3 is 24.8 Å². The standard InChI is InChI=1S/C28H26N6O2/c1-4-26(35)31-20-6-5-7-22(16-20)36-27-23-17-24(32-28(23)30-18-25(27)29-2)19-8-10-21(11-9-19)34-14-12-33(3)13-15-34/h4-11,16-18H,1,12-15H2,3H3,(H,30,32)(H,31,35). The van der Waals surface area contributed by atoms with E-state index in [2.05, 4.69) is 67.8 Å². The van der Waals surface area contributed by atoms with Gasteiger partial charge in [-0.2, -0.15) is 0 Å². The predicted molar refractivity (Wildman–Crippen MR) is 143 cm³/mol. The van der Waals surface area contributed by atoms with E-state index in [4.69, 9.17) is 11.3 Å². The van der Waals surface area contributed by atoms with E-state index in [1.165, 1.54) is 18.0 Å². The van der Waals surface area contributed by atoms with Crippen LogP contribution in [0, 0.1) is 6.57 Å². The minimum atomic E-state index is -0.311. The van der Waals surface area contributed by atoms with Crippen molar-refractivity contribution in [3.63, 3.8) is 0 Å². The van der Waals surface area contributed by atoms with E-state index in [0.717, 1.165) is 37.4 Å². The molecule has 0 unspecified atom stereocenters. The summed E-state index contributed by atoms with van der Waals surface area (Å²) in [5.41, 5.74) is 4.63. The molecule has 0 atom stereocenters. The number of aromatic nitrogens is 2. The van der Waals surface area contributed by atoms with E-state index in [1.807, 2.05) is 6.07 Å². The molecule has 1 fully saturated rings. The van der Waals surface area contributed by atoms with Crippen LogP contribution in [0.15, 0.2) is 73.4 Å². The number of nitrogens with one attached hydrogen (secondary N) is 2. The molecule has 1 aliphatic rings. The first kappa shape index (κ1) is 23.1. The number of ether oxygens (including phenoxy) is 1. The number of fused-ring (bicyclic) bond motifs is 1. The van der Waals surface area contributed by atoms with Crippen molar-refractivity contribution in [3.8, 4) is 22.8 Å². The van der Waals surface area contributed by atoms with Gasteiger partial charge in [0.2, 0.25) is 11.6 Å². The quantitative estimate of drug-likeness (QED) is 0.285. The fraction of sp³-hybridized carbons (Fsp3) is 0.179. The summed E-state index contributed by atoms with van der Waals surface area (Å²) in [6, 6.07) is 17.4. The number of aromatic amines is 1. The highest BCUT2D eigenvalue weighted by Gasteiger charge is 2.17. The number of pyridine rings is 1. The lowest BCUT2D eigenvalue weighted by molar-refractivity contribution is -0.111. The van der Waals surface area contributed by atoms with Crippen LogP contribution in [0.2, 0.25) is 0 Å². The normalized spacial score (nSPS) is 13.8. The summed E-state index contributed by atoms with van der Waals surface area (Å²) in [5, 5.41) is 3.43. The Kier molecular flexibility index (Phi) is 6.39. The molecule has 0 saturated carbocycles. The first-order chi connectivity index (χ1) is 17.5. The Morgan fingerprint density at radius 1 is 1.17 bits per heavy atom. The highest BCUT2D eigenvalue weighted by molar-refractivity contribution is 5.99. The van der Waals surface area contributed by atoms with Gasteiger partial charge in [0, 0.05) is 55.5 Å². The summed E-state index contributed by atoms with van der Waals surface area (Å²) in [4.78, 5) is 27.8. The lowest BCUT2D eigenvalue weighted by atomic mass is 10.1. The molecule has 8 nitrogen and oxygen atoms in total. The lowest BCUT2D eigenvalue weighted by Crippen LogP contribution is -2.44. The molecule has 0 radical (unpaired) electrons. The fourth-order valence-electron chi connectivity index (χ4n) is 4.25. The van der Waals surface area contributed by atoms with Crippen molar-refractivity contribution in [3.05, 3.63) is 84.9 Å². The van der Waals surface area contributed by atoms with Gasteiger partial charge in [0.05, 0.1) is 12.0 Å². The second-order valence-electron chi connectivity index (χ2n) is 8.69. The van der Waals surface area contributed by atoms with E-state index < -0.39 is 0 Å². The van der Waals surface area contributed by atoms with Crippen molar-refractivity contribution < 1.29 is 9.53 Å². The van der Waals surface area contributed by atoms with Gasteiger partial charge in [-0.15, -0.1) is 0 Å². The molecular weight excluding hydrogens is 452 g/mol. The maximum absolute atomic E-state index is 11.7. The Labute approximate surface area is 209 Å². The highest BCUT2D eigenvalue weighted by atomic mass is 16.5. The van der Waals surface area contributed by atoms with E-state index in [-0.39, 0.29) is 5.91 Å². The maximum atomic E-state index is 11.7. The van der Waals surface area contributed by atoms with Gasteiger partial charge >= 0.3 is 0 Å². The van der Waals surface area contributed by atoms with Crippen LogP contribution in [-0.2, 0) is 4.79 Å². The predicted octanol–water partition coefficient (Wildman–Crippen LogP) is 5.45. The molecule has 1 aliphatic heterocycles. The number of piperazine rings is 1. The molecule has 36 heavy (non-hydrogen) atoms. The first-order valence-corrected chi connectivity index (χ1v) is 11.7. The van der Waals surface area contributed by atoms with E-state index in [1.54, 1.807) is 24.3 Å². The number of hydrogen-bond donors (Lipinski definition) is 2. The monoisotopic (exact) mass is 478 g/mol. The summed E-state index contributed by atoms with van der Waals surface area (Å²) in [6.45, 7) is 15.2. The average Bonchev–Trinajstić information content (AvgIpc) is 3.34. The van der Waals surface area contributed by atoms with Crippen molar-refractivity contribution in [2.45, 2.75) is 0 Å². The van der Waals surface area contributed by atoms with Crippen LogP contribution >= 0.6 is 0 Å². The molecule has 4 aromatic rings. The third kappa shape index (κ3) is 4.78. The number of rotatable bonds is 6. The van der Waals surface area contributed by atoms with Crippen molar-refractivity contribution in [2.75, 3.05) is 43.4 Å². The van der Waals surface area contributed by atoms with Crippen LogP contribution < -0.4 is 15.0 Å². The third-order valence-corrected chi connectivity index (χ3v) is 6.26. The van der Waals surface area contributed by atoms with Gasteiger partial charge in [-0.1, -0.05) is 24.8 Å². The number of amides is 1. The van der Waals surface area contributed by atoms with Crippen molar-refractivity contribution in [1.29, 1.82) is 0 Å². The number of carbonyl (C=O) groups is 1. The molecule has 2 aromatic heterocycles. The molecule has 0 bridgehead atoms. The molecule has 1 amide bonds. The molecule has 1 saturated heterocycles. The fourth-order valence-corrected chi connectivity index (χ4v) is 4.25. The Hall–Kier alpha value is -4.61. The number of hydrogen-bond acceptors (Lipinski definition) is 5. The molecule has 180 valence electrons.